The smallest absolute Gasteiger partial charge is 0.453 e. The zero-order valence-electron chi connectivity index (χ0n) is 27.2. The van der Waals surface area contributed by atoms with Crippen LogP contribution in [0.1, 0.15) is 46.4 Å². The molecule has 2 atom stereocenters. The van der Waals surface area contributed by atoms with Crippen molar-refractivity contribution in [1.29, 1.82) is 0 Å². The summed E-state index contributed by atoms with van der Waals surface area (Å²) in [4.78, 5) is 27.1. The van der Waals surface area contributed by atoms with Crippen LogP contribution in [0.5, 0.6) is 11.5 Å². The summed E-state index contributed by atoms with van der Waals surface area (Å²) in [6, 6.07) is 28.1. The Hall–Kier alpha value is -4.08. The first-order valence-corrected chi connectivity index (χ1v) is 16.1. The Bertz CT molecular complexity index is 1650. The van der Waals surface area contributed by atoms with E-state index in [9.17, 15) is 14.7 Å². The third kappa shape index (κ3) is 9.51. The summed E-state index contributed by atoms with van der Waals surface area (Å²) in [5.74, 6) is -3.91. The molecule has 48 heavy (non-hydrogen) atoms. The number of aliphatic hydroxyl groups is 1. The maximum atomic E-state index is 13.5. The minimum Gasteiger partial charge on any atom is -0.459 e. The van der Waals surface area contributed by atoms with Crippen LogP contribution in [0.25, 0.3) is 0 Å². The normalized spacial score (nSPS) is 14.0. The van der Waals surface area contributed by atoms with Gasteiger partial charge in [-0.2, -0.15) is 0 Å². The largest absolute Gasteiger partial charge is 0.459 e. The molecule has 0 radical (unpaired) electrons. The van der Waals surface area contributed by atoms with E-state index in [0.717, 1.165) is 33.4 Å². The number of carbonyl (C=O) groups excluding carboxylic acids is 2. The molecule has 0 bridgehead atoms. The highest BCUT2D eigenvalue weighted by molar-refractivity contribution is 6.30. The van der Waals surface area contributed by atoms with E-state index in [-0.39, 0.29) is 43.2 Å². The van der Waals surface area contributed by atoms with E-state index in [4.69, 9.17) is 30.5 Å². The number of halogens is 2. The van der Waals surface area contributed by atoms with Gasteiger partial charge in [-0.15, -0.1) is 12.4 Å². The van der Waals surface area contributed by atoms with Crippen LogP contribution >= 0.6 is 24.0 Å². The highest BCUT2D eigenvalue weighted by atomic mass is 35.5. The maximum Gasteiger partial charge on any atom is 0.453 e. The summed E-state index contributed by atoms with van der Waals surface area (Å²) in [5.41, 5.74) is 5.79. The van der Waals surface area contributed by atoms with E-state index < -0.39 is 23.8 Å². The molecule has 0 fully saturated rings. The lowest BCUT2D eigenvalue weighted by Crippen LogP contribution is -2.56. The third-order valence-electron chi connectivity index (χ3n) is 7.90. The minimum atomic E-state index is -2.43. The number of carbonyl (C=O) groups is 2. The summed E-state index contributed by atoms with van der Waals surface area (Å²) < 4.78 is 23.1. The molecule has 10 heteroatoms. The Morgan fingerprint density at radius 3 is 1.96 bits per heavy atom. The Morgan fingerprint density at radius 2 is 1.38 bits per heavy atom. The molecule has 0 saturated heterocycles. The van der Waals surface area contributed by atoms with Gasteiger partial charge in [0.1, 0.15) is 0 Å². The van der Waals surface area contributed by atoms with Crippen molar-refractivity contribution in [1.82, 2.24) is 5.32 Å². The molecule has 2 N–H and O–H groups in total. The standard InChI is InChI=1S/C38H40ClNO7.ClH/c1-25-7-4-9-28(19-25)15-17-44-36(42)38(37(43)45-18-16-29-10-5-8-26(2)20-29)46-34-14-13-30(22-35(34)47-38)21-27(3)40-24-33(41)31-11-6-12-32(39)23-31;/h4-14,19-20,22-23,27,33,40-41H,15-18,21,24H2,1-3H3;1H/t27-,33+;/m1./s1. The second kappa shape index (κ2) is 16.8. The molecular formula is C38H41Cl2NO7. The lowest BCUT2D eigenvalue weighted by Gasteiger charge is -2.23. The molecule has 0 amide bonds. The highest BCUT2D eigenvalue weighted by Crippen LogP contribution is 2.41. The van der Waals surface area contributed by atoms with E-state index in [2.05, 4.69) is 5.32 Å². The fourth-order valence-corrected chi connectivity index (χ4v) is 5.64. The summed E-state index contributed by atoms with van der Waals surface area (Å²) in [6.45, 7) is 6.36. The first-order chi connectivity index (χ1) is 22.6. The first-order valence-electron chi connectivity index (χ1n) is 15.7. The lowest BCUT2D eigenvalue weighted by atomic mass is 10.1. The van der Waals surface area contributed by atoms with Crippen molar-refractivity contribution >= 4 is 35.9 Å². The molecule has 0 saturated carbocycles. The van der Waals surface area contributed by atoms with Crippen LogP contribution in [-0.4, -0.2) is 48.6 Å². The van der Waals surface area contributed by atoms with Crippen LogP contribution in [-0.2, 0) is 38.3 Å². The average Bonchev–Trinajstić information content (AvgIpc) is 3.44. The predicted octanol–water partition coefficient (Wildman–Crippen LogP) is 6.67. The van der Waals surface area contributed by atoms with Gasteiger partial charge in [0.25, 0.3) is 0 Å². The number of benzene rings is 4. The number of aliphatic hydroxyl groups excluding tert-OH is 1. The van der Waals surface area contributed by atoms with Crippen LogP contribution in [0.3, 0.4) is 0 Å². The van der Waals surface area contributed by atoms with Gasteiger partial charge >= 0.3 is 17.7 Å². The van der Waals surface area contributed by atoms with Crippen molar-refractivity contribution in [2.24, 2.45) is 0 Å². The number of hydrogen-bond donors (Lipinski definition) is 2. The molecule has 5 rings (SSSR count). The molecule has 0 aromatic heterocycles. The Balaban J connectivity index is 0.00000520. The summed E-state index contributed by atoms with van der Waals surface area (Å²) in [5, 5.41) is 14.5. The van der Waals surface area contributed by atoms with Crippen molar-refractivity contribution in [3.05, 3.63) is 129 Å². The van der Waals surface area contributed by atoms with Gasteiger partial charge in [-0.05, 0) is 73.7 Å². The summed E-state index contributed by atoms with van der Waals surface area (Å²) in [7, 11) is 0. The lowest BCUT2D eigenvalue weighted by molar-refractivity contribution is -0.202. The van der Waals surface area contributed by atoms with Crippen molar-refractivity contribution in [3.8, 4) is 11.5 Å². The summed E-state index contributed by atoms with van der Waals surface area (Å²) in [6.07, 6.45) is 0.774. The number of fused-ring (bicyclic) bond motifs is 1. The molecule has 4 aromatic carbocycles. The zero-order valence-corrected chi connectivity index (χ0v) is 28.8. The quantitative estimate of drug-likeness (QED) is 0.112. The third-order valence-corrected chi connectivity index (χ3v) is 8.14. The van der Waals surface area contributed by atoms with Gasteiger partial charge in [-0.25, -0.2) is 9.59 Å². The second-order valence-electron chi connectivity index (χ2n) is 11.9. The molecule has 1 aliphatic rings. The van der Waals surface area contributed by atoms with Gasteiger partial charge in [0.15, 0.2) is 11.5 Å². The van der Waals surface area contributed by atoms with Crippen molar-refractivity contribution in [3.63, 3.8) is 0 Å². The molecule has 0 spiro atoms. The van der Waals surface area contributed by atoms with Gasteiger partial charge in [0.2, 0.25) is 0 Å². The van der Waals surface area contributed by atoms with E-state index in [0.29, 0.717) is 30.8 Å². The van der Waals surface area contributed by atoms with Crippen LogP contribution in [0.15, 0.2) is 91.0 Å². The Labute approximate surface area is 292 Å². The van der Waals surface area contributed by atoms with Crippen LogP contribution < -0.4 is 14.8 Å². The van der Waals surface area contributed by atoms with Gasteiger partial charge in [0.05, 0.1) is 19.3 Å². The molecule has 1 heterocycles. The van der Waals surface area contributed by atoms with E-state index in [1.165, 1.54) is 0 Å². The second-order valence-corrected chi connectivity index (χ2v) is 12.4. The van der Waals surface area contributed by atoms with Crippen LogP contribution in [0, 0.1) is 13.8 Å². The molecular weight excluding hydrogens is 653 g/mol. The van der Waals surface area contributed by atoms with Crippen molar-refractivity contribution < 1.29 is 33.6 Å². The number of esters is 2. The predicted molar refractivity (Wildman–Crippen MR) is 187 cm³/mol. The molecule has 254 valence electrons. The molecule has 0 unspecified atom stereocenters. The van der Waals surface area contributed by atoms with Crippen molar-refractivity contribution in [2.75, 3.05) is 19.8 Å². The maximum absolute atomic E-state index is 13.5. The molecule has 4 aromatic rings. The number of aryl methyl sites for hydroxylation is 2. The number of rotatable bonds is 14. The average molecular weight is 695 g/mol. The fourth-order valence-electron chi connectivity index (χ4n) is 5.44. The van der Waals surface area contributed by atoms with E-state index in [1.54, 1.807) is 30.3 Å². The fraction of sp³-hybridized carbons (Fsp3) is 0.316. The molecule has 8 nitrogen and oxygen atoms in total. The van der Waals surface area contributed by atoms with E-state index >= 15 is 0 Å². The van der Waals surface area contributed by atoms with Gasteiger partial charge in [-0.3, -0.25) is 0 Å². The van der Waals surface area contributed by atoms with Crippen LogP contribution in [0.4, 0.5) is 0 Å². The van der Waals surface area contributed by atoms with Gasteiger partial charge in [-0.1, -0.05) is 89.5 Å². The van der Waals surface area contributed by atoms with Crippen molar-refractivity contribution in [2.45, 2.75) is 58.0 Å². The highest BCUT2D eigenvalue weighted by Gasteiger charge is 2.59. The number of ether oxygens (including phenoxy) is 4. The number of nitrogens with one attached hydrogen (secondary N) is 1. The van der Waals surface area contributed by atoms with Gasteiger partial charge in [0, 0.05) is 30.5 Å². The Morgan fingerprint density at radius 1 is 0.792 bits per heavy atom. The SMILES string of the molecule is Cc1cccc(CCOC(=O)C2(C(=O)OCCc3cccc(C)c3)Oc3ccc(C[C@@H](C)NC[C@H](O)c4cccc(Cl)c4)cc3O2)c1.Cl. The first kappa shape index (κ1) is 36.8. The zero-order chi connectivity index (χ0) is 33.4. The number of hydrogen-bond acceptors (Lipinski definition) is 8. The topological polar surface area (TPSA) is 103 Å². The minimum absolute atomic E-state index is 0. The molecule has 0 aliphatic carbocycles. The summed E-state index contributed by atoms with van der Waals surface area (Å²) >= 11 is 6.06. The van der Waals surface area contributed by atoms with Gasteiger partial charge < -0.3 is 29.4 Å². The molecule has 1 aliphatic heterocycles. The Kier molecular flexibility index (Phi) is 12.9. The monoisotopic (exact) mass is 693 g/mol. The van der Waals surface area contributed by atoms with E-state index in [1.807, 2.05) is 81.4 Å². The van der Waals surface area contributed by atoms with Crippen LogP contribution in [0.2, 0.25) is 5.02 Å².